The number of carbonyl (C=O) groups is 1. The largest absolute Gasteiger partial charge is 0.362 e. The molecule has 1 amide bonds. The second-order valence-electron chi connectivity index (χ2n) is 6.26. The third-order valence-electron chi connectivity index (χ3n) is 4.35. The molecule has 0 aromatic heterocycles. The molecular weight excluding hydrogens is 380 g/mol. The number of hydrazine groups is 1. The molecule has 0 spiro atoms. The van der Waals surface area contributed by atoms with Gasteiger partial charge in [0.25, 0.3) is 0 Å². The lowest BCUT2D eigenvalue weighted by Gasteiger charge is -2.33. The van der Waals surface area contributed by atoms with E-state index in [1.807, 2.05) is 62.4 Å². The van der Waals surface area contributed by atoms with Crippen LogP contribution in [0.4, 0.5) is 0 Å². The maximum Gasteiger partial charge on any atom is 0.248 e. The number of amides is 1. The van der Waals surface area contributed by atoms with Crippen LogP contribution in [0, 0.1) is 6.92 Å². The standard InChI is InChI=1S/C20H21BrN2O2/c1-3-18-13-20(25,16-8-10-17(21)11-9-16)23(22-18)19(24)12-15-6-4-14(2)5-7-15/h4-11,13,22,25H,3,12H2,1-2H3. The molecule has 0 fully saturated rings. The van der Waals surface area contributed by atoms with Crippen LogP contribution in [0.25, 0.3) is 0 Å². The van der Waals surface area contributed by atoms with Crippen LogP contribution in [0.5, 0.6) is 0 Å². The van der Waals surface area contributed by atoms with Crippen molar-refractivity contribution in [2.45, 2.75) is 32.4 Å². The van der Waals surface area contributed by atoms with E-state index in [1.165, 1.54) is 5.01 Å². The predicted molar refractivity (Wildman–Crippen MR) is 101 cm³/mol. The number of nitrogens with one attached hydrogen (secondary N) is 1. The molecule has 1 aliphatic rings. The molecule has 3 rings (SSSR count). The van der Waals surface area contributed by atoms with Crippen LogP contribution in [0.2, 0.25) is 0 Å². The van der Waals surface area contributed by atoms with Gasteiger partial charge in [-0.25, -0.2) is 5.01 Å². The van der Waals surface area contributed by atoms with Gasteiger partial charge < -0.3 is 5.11 Å². The quantitative estimate of drug-likeness (QED) is 0.820. The minimum absolute atomic E-state index is 0.186. The van der Waals surface area contributed by atoms with Gasteiger partial charge in [-0.1, -0.05) is 64.8 Å². The molecule has 1 atom stereocenters. The fraction of sp³-hybridized carbons (Fsp3) is 0.250. The molecule has 25 heavy (non-hydrogen) atoms. The lowest BCUT2D eigenvalue weighted by atomic mass is 10.0. The summed E-state index contributed by atoms with van der Waals surface area (Å²) in [4.78, 5) is 12.9. The number of aryl methyl sites for hydroxylation is 1. The Morgan fingerprint density at radius 1 is 1.16 bits per heavy atom. The molecular formula is C20H21BrN2O2. The first-order valence-corrected chi connectivity index (χ1v) is 9.07. The van der Waals surface area contributed by atoms with E-state index in [0.29, 0.717) is 12.0 Å². The van der Waals surface area contributed by atoms with Gasteiger partial charge in [0.05, 0.1) is 6.42 Å². The lowest BCUT2D eigenvalue weighted by molar-refractivity contribution is -0.155. The van der Waals surface area contributed by atoms with Crippen LogP contribution >= 0.6 is 15.9 Å². The molecule has 130 valence electrons. The Morgan fingerprint density at radius 2 is 1.80 bits per heavy atom. The van der Waals surface area contributed by atoms with Crippen LogP contribution < -0.4 is 5.43 Å². The second kappa shape index (κ2) is 7.02. The van der Waals surface area contributed by atoms with Crippen molar-refractivity contribution in [3.05, 3.63) is 81.5 Å². The average molecular weight is 401 g/mol. The second-order valence-corrected chi connectivity index (χ2v) is 7.18. The molecule has 0 radical (unpaired) electrons. The summed E-state index contributed by atoms with van der Waals surface area (Å²) >= 11 is 3.40. The molecule has 1 unspecified atom stereocenters. The van der Waals surface area contributed by atoms with E-state index < -0.39 is 5.72 Å². The molecule has 0 saturated carbocycles. The zero-order chi connectivity index (χ0) is 18.0. The minimum atomic E-state index is -1.49. The fourth-order valence-electron chi connectivity index (χ4n) is 2.87. The first-order valence-electron chi connectivity index (χ1n) is 8.28. The summed E-state index contributed by atoms with van der Waals surface area (Å²) in [6, 6.07) is 15.2. The van der Waals surface area contributed by atoms with Crippen molar-refractivity contribution in [1.29, 1.82) is 0 Å². The van der Waals surface area contributed by atoms with Gasteiger partial charge in [-0.15, -0.1) is 0 Å². The minimum Gasteiger partial charge on any atom is -0.362 e. The number of carbonyl (C=O) groups excluding carboxylic acids is 1. The van der Waals surface area contributed by atoms with Crippen molar-refractivity contribution in [3.63, 3.8) is 0 Å². The van der Waals surface area contributed by atoms with Gasteiger partial charge in [0.15, 0.2) is 0 Å². The summed E-state index contributed by atoms with van der Waals surface area (Å²) in [5.41, 5.74) is 5.10. The monoisotopic (exact) mass is 400 g/mol. The molecule has 2 N–H and O–H groups in total. The van der Waals surface area contributed by atoms with Crippen molar-refractivity contribution < 1.29 is 9.90 Å². The number of hydrogen-bond acceptors (Lipinski definition) is 3. The molecule has 4 nitrogen and oxygen atoms in total. The lowest BCUT2D eigenvalue weighted by Crippen LogP contribution is -2.51. The molecule has 2 aromatic carbocycles. The van der Waals surface area contributed by atoms with E-state index in [9.17, 15) is 9.90 Å². The van der Waals surface area contributed by atoms with Gasteiger partial charge in [0, 0.05) is 15.7 Å². The Morgan fingerprint density at radius 3 is 2.40 bits per heavy atom. The van der Waals surface area contributed by atoms with E-state index in [4.69, 9.17) is 0 Å². The fourth-order valence-corrected chi connectivity index (χ4v) is 3.13. The number of allylic oxidation sites excluding steroid dienone is 1. The van der Waals surface area contributed by atoms with Crippen molar-refractivity contribution in [2.75, 3.05) is 0 Å². The highest BCUT2D eigenvalue weighted by atomic mass is 79.9. The van der Waals surface area contributed by atoms with E-state index in [0.717, 1.165) is 21.3 Å². The number of benzene rings is 2. The highest BCUT2D eigenvalue weighted by Crippen LogP contribution is 2.33. The SMILES string of the molecule is CCC1=CC(O)(c2ccc(Br)cc2)N(C(=O)Cc2ccc(C)cc2)N1. The first kappa shape index (κ1) is 17.7. The summed E-state index contributed by atoms with van der Waals surface area (Å²) in [5, 5.41) is 12.6. The summed E-state index contributed by atoms with van der Waals surface area (Å²) in [6.07, 6.45) is 2.63. The maximum absolute atomic E-state index is 12.9. The zero-order valence-corrected chi connectivity index (χ0v) is 15.9. The van der Waals surface area contributed by atoms with Crippen molar-refractivity contribution in [2.24, 2.45) is 0 Å². The van der Waals surface area contributed by atoms with Crippen LogP contribution in [0.3, 0.4) is 0 Å². The van der Waals surface area contributed by atoms with Gasteiger partial charge in [-0.05, 0) is 37.1 Å². The molecule has 0 saturated heterocycles. The molecule has 2 aromatic rings. The Labute approximate surface area is 156 Å². The van der Waals surface area contributed by atoms with E-state index in [2.05, 4.69) is 21.4 Å². The van der Waals surface area contributed by atoms with E-state index >= 15 is 0 Å². The average Bonchev–Trinajstić information content (AvgIpc) is 2.96. The van der Waals surface area contributed by atoms with Gasteiger partial charge >= 0.3 is 0 Å². The number of nitrogens with zero attached hydrogens (tertiary/aromatic N) is 1. The number of hydrogen-bond donors (Lipinski definition) is 2. The summed E-state index contributed by atoms with van der Waals surface area (Å²) < 4.78 is 0.919. The molecule has 0 aliphatic carbocycles. The molecule has 0 bridgehead atoms. The number of aliphatic hydroxyl groups is 1. The Kier molecular flexibility index (Phi) is 4.97. The topological polar surface area (TPSA) is 52.6 Å². The number of rotatable bonds is 4. The highest BCUT2D eigenvalue weighted by Gasteiger charge is 2.42. The third kappa shape index (κ3) is 3.62. The third-order valence-corrected chi connectivity index (χ3v) is 4.88. The van der Waals surface area contributed by atoms with Gasteiger partial charge in [-0.2, -0.15) is 0 Å². The van der Waals surface area contributed by atoms with E-state index in [1.54, 1.807) is 6.08 Å². The highest BCUT2D eigenvalue weighted by molar-refractivity contribution is 9.10. The van der Waals surface area contributed by atoms with Crippen LogP contribution in [-0.4, -0.2) is 16.0 Å². The molecule has 5 heteroatoms. The summed E-state index contributed by atoms with van der Waals surface area (Å²) in [6.45, 7) is 3.99. The predicted octanol–water partition coefficient (Wildman–Crippen LogP) is 3.79. The van der Waals surface area contributed by atoms with Crippen molar-refractivity contribution in [3.8, 4) is 0 Å². The first-order chi connectivity index (χ1) is 11.9. The maximum atomic E-state index is 12.9. The van der Waals surface area contributed by atoms with Gasteiger partial charge in [0.1, 0.15) is 0 Å². The molecule has 1 heterocycles. The van der Waals surface area contributed by atoms with Crippen LogP contribution in [0.1, 0.15) is 30.0 Å². The summed E-state index contributed by atoms with van der Waals surface area (Å²) in [5.74, 6) is -0.186. The smallest absolute Gasteiger partial charge is 0.248 e. The normalized spacial score (nSPS) is 19.5. The zero-order valence-electron chi connectivity index (χ0n) is 14.3. The van der Waals surface area contributed by atoms with Gasteiger partial charge in [0.2, 0.25) is 11.6 Å². The van der Waals surface area contributed by atoms with Crippen molar-refractivity contribution >= 4 is 21.8 Å². The Hall–Kier alpha value is -2.11. The summed E-state index contributed by atoms with van der Waals surface area (Å²) in [7, 11) is 0. The molecule has 1 aliphatic heterocycles. The van der Waals surface area contributed by atoms with E-state index in [-0.39, 0.29) is 12.3 Å². The van der Waals surface area contributed by atoms with Gasteiger partial charge in [-0.3, -0.25) is 10.2 Å². The number of halogens is 1. The van der Waals surface area contributed by atoms with Crippen LogP contribution in [-0.2, 0) is 16.9 Å². The van der Waals surface area contributed by atoms with Crippen molar-refractivity contribution in [1.82, 2.24) is 10.4 Å². The van der Waals surface area contributed by atoms with Crippen LogP contribution in [0.15, 0.2) is 64.8 Å². The Balaban J connectivity index is 1.89. The Bertz CT molecular complexity index is 799.